The summed E-state index contributed by atoms with van der Waals surface area (Å²) in [5, 5.41) is 5.98. The van der Waals surface area contributed by atoms with Crippen molar-refractivity contribution in [1.82, 2.24) is 4.98 Å². The number of pyridine rings is 1. The van der Waals surface area contributed by atoms with E-state index in [1.165, 1.54) is 0 Å². The summed E-state index contributed by atoms with van der Waals surface area (Å²) in [4.78, 5) is 16.4. The van der Waals surface area contributed by atoms with E-state index in [0.717, 1.165) is 17.1 Å². The lowest BCUT2D eigenvalue weighted by Crippen LogP contribution is -2.12. The largest absolute Gasteiger partial charge is 0.467 e. The van der Waals surface area contributed by atoms with Gasteiger partial charge in [0.2, 0.25) is 0 Å². The van der Waals surface area contributed by atoms with Gasteiger partial charge in [-0.25, -0.2) is 4.98 Å². The fourth-order valence-electron chi connectivity index (χ4n) is 2.15. The van der Waals surface area contributed by atoms with Gasteiger partial charge in [0.15, 0.2) is 0 Å². The Morgan fingerprint density at radius 3 is 2.78 bits per heavy atom. The van der Waals surface area contributed by atoms with Gasteiger partial charge < -0.3 is 15.1 Å². The molecule has 2 aromatic heterocycles. The van der Waals surface area contributed by atoms with Crippen LogP contribution in [0, 0.1) is 6.92 Å². The van der Waals surface area contributed by atoms with Crippen molar-refractivity contribution in [3.05, 3.63) is 77.9 Å². The Morgan fingerprint density at radius 2 is 2.09 bits per heavy atom. The number of carbonyl (C=O) groups excluding carboxylic acids is 1. The molecule has 1 aromatic carbocycles. The number of carbonyl (C=O) groups is 1. The summed E-state index contributed by atoms with van der Waals surface area (Å²) in [6.45, 7) is 2.52. The Hall–Kier alpha value is -3.08. The van der Waals surface area contributed by atoms with Gasteiger partial charge in [-0.1, -0.05) is 17.7 Å². The van der Waals surface area contributed by atoms with Crippen LogP contribution in [0.5, 0.6) is 0 Å². The number of hydrogen-bond acceptors (Lipinski definition) is 4. The SMILES string of the molecule is Cc1cccc(C(=O)Nc2ccc(NCc3ccco3)nc2)c1. The topological polar surface area (TPSA) is 67.2 Å². The lowest BCUT2D eigenvalue weighted by Gasteiger charge is -2.07. The number of anilines is 2. The zero-order valence-corrected chi connectivity index (χ0v) is 12.7. The number of furan rings is 1. The molecule has 5 nitrogen and oxygen atoms in total. The lowest BCUT2D eigenvalue weighted by atomic mass is 10.1. The molecule has 0 saturated carbocycles. The van der Waals surface area contributed by atoms with E-state index in [1.54, 1.807) is 18.5 Å². The summed E-state index contributed by atoms with van der Waals surface area (Å²) in [5.41, 5.74) is 2.33. The van der Waals surface area contributed by atoms with E-state index in [1.807, 2.05) is 49.4 Å². The first-order valence-electron chi connectivity index (χ1n) is 7.31. The van der Waals surface area contributed by atoms with E-state index in [2.05, 4.69) is 15.6 Å². The van der Waals surface area contributed by atoms with Crippen LogP contribution in [0.1, 0.15) is 21.7 Å². The van der Waals surface area contributed by atoms with Crippen LogP contribution < -0.4 is 10.6 Å². The number of nitrogens with one attached hydrogen (secondary N) is 2. The summed E-state index contributed by atoms with van der Waals surface area (Å²) in [7, 11) is 0. The van der Waals surface area contributed by atoms with Crippen molar-refractivity contribution in [1.29, 1.82) is 0 Å². The van der Waals surface area contributed by atoms with E-state index < -0.39 is 0 Å². The third kappa shape index (κ3) is 3.97. The van der Waals surface area contributed by atoms with Crippen LogP contribution in [-0.2, 0) is 6.54 Å². The molecule has 0 unspecified atom stereocenters. The molecule has 3 rings (SSSR count). The van der Waals surface area contributed by atoms with Crippen molar-refractivity contribution in [2.75, 3.05) is 10.6 Å². The van der Waals surface area contributed by atoms with Crippen LogP contribution in [0.3, 0.4) is 0 Å². The summed E-state index contributed by atoms with van der Waals surface area (Å²) in [5.74, 6) is 1.41. The van der Waals surface area contributed by atoms with Crippen molar-refractivity contribution < 1.29 is 9.21 Å². The molecule has 0 radical (unpaired) electrons. The van der Waals surface area contributed by atoms with Crippen molar-refractivity contribution in [3.8, 4) is 0 Å². The second kappa shape index (κ2) is 6.79. The lowest BCUT2D eigenvalue weighted by molar-refractivity contribution is 0.102. The molecule has 0 aliphatic rings. The van der Waals surface area contributed by atoms with E-state index >= 15 is 0 Å². The molecule has 2 N–H and O–H groups in total. The summed E-state index contributed by atoms with van der Waals surface area (Å²) in [6.07, 6.45) is 3.26. The van der Waals surface area contributed by atoms with Gasteiger partial charge in [-0.3, -0.25) is 4.79 Å². The Bertz CT molecular complexity index is 780. The maximum atomic E-state index is 12.2. The van der Waals surface area contributed by atoms with Crippen molar-refractivity contribution >= 4 is 17.4 Å². The van der Waals surface area contributed by atoms with Gasteiger partial charge in [-0.15, -0.1) is 0 Å². The van der Waals surface area contributed by atoms with Crippen LogP contribution in [0.2, 0.25) is 0 Å². The van der Waals surface area contributed by atoms with Crippen LogP contribution in [0.4, 0.5) is 11.5 Å². The molecular formula is C18H17N3O2. The monoisotopic (exact) mass is 307 g/mol. The number of aryl methyl sites for hydroxylation is 1. The summed E-state index contributed by atoms with van der Waals surface area (Å²) < 4.78 is 5.24. The second-order valence-corrected chi connectivity index (χ2v) is 5.19. The highest BCUT2D eigenvalue weighted by Crippen LogP contribution is 2.13. The average Bonchev–Trinajstić information content (AvgIpc) is 3.08. The minimum Gasteiger partial charge on any atom is -0.467 e. The molecule has 2 heterocycles. The molecule has 1 amide bonds. The fourth-order valence-corrected chi connectivity index (χ4v) is 2.15. The molecule has 0 aliphatic heterocycles. The van der Waals surface area contributed by atoms with E-state index in [-0.39, 0.29) is 5.91 Å². The Balaban J connectivity index is 1.59. The van der Waals surface area contributed by atoms with Crippen molar-refractivity contribution in [3.63, 3.8) is 0 Å². The predicted octanol–water partition coefficient (Wildman–Crippen LogP) is 3.85. The van der Waals surface area contributed by atoms with Crippen molar-refractivity contribution in [2.24, 2.45) is 0 Å². The average molecular weight is 307 g/mol. The van der Waals surface area contributed by atoms with E-state index in [4.69, 9.17) is 4.42 Å². The molecular weight excluding hydrogens is 290 g/mol. The molecule has 116 valence electrons. The van der Waals surface area contributed by atoms with Gasteiger partial charge in [-0.05, 0) is 43.3 Å². The number of aromatic nitrogens is 1. The van der Waals surface area contributed by atoms with Crippen LogP contribution in [0.25, 0.3) is 0 Å². The van der Waals surface area contributed by atoms with Gasteiger partial charge in [-0.2, -0.15) is 0 Å². The second-order valence-electron chi connectivity index (χ2n) is 5.19. The number of hydrogen-bond donors (Lipinski definition) is 2. The zero-order valence-electron chi connectivity index (χ0n) is 12.7. The standard InChI is InChI=1S/C18H17N3O2/c1-13-4-2-5-14(10-13)18(22)21-15-7-8-17(19-11-15)20-12-16-6-3-9-23-16/h2-11H,12H2,1H3,(H,19,20)(H,21,22). The van der Waals surface area contributed by atoms with E-state index in [0.29, 0.717) is 17.8 Å². The first-order valence-corrected chi connectivity index (χ1v) is 7.31. The molecule has 0 saturated heterocycles. The third-order valence-corrected chi connectivity index (χ3v) is 3.33. The Kier molecular flexibility index (Phi) is 4.38. The minimum atomic E-state index is -0.146. The smallest absolute Gasteiger partial charge is 0.255 e. The third-order valence-electron chi connectivity index (χ3n) is 3.33. The quantitative estimate of drug-likeness (QED) is 0.751. The molecule has 3 aromatic rings. The molecule has 0 spiro atoms. The van der Waals surface area contributed by atoms with Gasteiger partial charge in [0, 0.05) is 5.56 Å². The molecule has 0 atom stereocenters. The molecule has 0 bridgehead atoms. The predicted molar refractivity (Wildman–Crippen MR) is 89.4 cm³/mol. The Morgan fingerprint density at radius 1 is 1.17 bits per heavy atom. The maximum Gasteiger partial charge on any atom is 0.255 e. The number of benzene rings is 1. The normalized spacial score (nSPS) is 10.3. The van der Waals surface area contributed by atoms with Gasteiger partial charge in [0.05, 0.1) is 24.7 Å². The number of rotatable bonds is 5. The number of amides is 1. The van der Waals surface area contributed by atoms with Gasteiger partial charge in [0.25, 0.3) is 5.91 Å². The first-order chi connectivity index (χ1) is 11.2. The molecule has 0 fully saturated rings. The molecule has 0 aliphatic carbocycles. The minimum absolute atomic E-state index is 0.146. The summed E-state index contributed by atoms with van der Waals surface area (Å²) >= 11 is 0. The van der Waals surface area contributed by atoms with Gasteiger partial charge in [0.1, 0.15) is 11.6 Å². The highest BCUT2D eigenvalue weighted by molar-refractivity contribution is 6.04. The fraction of sp³-hybridized carbons (Fsp3) is 0.111. The van der Waals surface area contributed by atoms with Crippen LogP contribution >= 0.6 is 0 Å². The maximum absolute atomic E-state index is 12.2. The van der Waals surface area contributed by atoms with Crippen LogP contribution in [-0.4, -0.2) is 10.9 Å². The van der Waals surface area contributed by atoms with Crippen molar-refractivity contribution in [2.45, 2.75) is 13.5 Å². The zero-order chi connectivity index (χ0) is 16.1. The highest BCUT2D eigenvalue weighted by Gasteiger charge is 2.06. The van der Waals surface area contributed by atoms with E-state index in [9.17, 15) is 4.79 Å². The first kappa shape index (κ1) is 14.8. The number of nitrogens with zero attached hydrogens (tertiary/aromatic N) is 1. The van der Waals surface area contributed by atoms with Crippen LogP contribution in [0.15, 0.2) is 65.4 Å². The van der Waals surface area contributed by atoms with Gasteiger partial charge >= 0.3 is 0 Å². The highest BCUT2D eigenvalue weighted by atomic mass is 16.3. The summed E-state index contributed by atoms with van der Waals surface area (Å²) in [6, 6.07) is 14.8. The Labute approximate surface area is 134 Å². The molecule has 23 heavy (non-hydrogen) atoms. The molecule has 5 heteroatoms.